The number of hydrogen-bond donors (Lipinski definition) is 1. The maximum absolute atomic E-state index is 5.52. The van der Waals surface area contributed by atoms with Crippen LogP contribution in [0.2, 0.25) is 0 Å². The zero-order chi connectivity index (χ0) is 22.3. The zero-order valence-electron chi connectivity index (χ0n) is 19.9. The zero-order valence-corrected chi connectivity index (χ0v) is 22.2. The second-order valence-corrected chi connectivity index (χ2v) is 8.73. The van der Waals surface area contributed by atoms with Crippen LogP contribution >= 0.6 is 24.0 Å². The van der Waals surface area contributed by atoms with Crippen molar-refractivity contribution in [3.63, 3.8) is 0 Å². The number of guanidine groups is 1. The predicted molar refractivity (Wildman–Crippen MR) is 139 cm³/mol. The first kappa shape index (κ1) is 25.5. The van der Waals surface area contributed by atoms with Crippen LogP contribution in [0.25, 0.3) is 0 Å². The lowest BCUT2D eigenvalue weighted by Crippen LogP contribution is -2.52. The summed E-state index contributed by atoms with van der Waals surface area (Å²) in [6.07, 6.45) is 2.69. The Balaban J connectivity index is 0.00000306. The standard InChI is InChI=1S/C23H35N7O2.HI/c1-4-22-27-26-16-30(22)8-7-24-23(25-14-18(2)3)29-11-9-28(10-12-29)15-19-5-6-20-21(13-19)32-17-31-20;/h5-6,13,16,18H,4,7-12,14-15,17H2,1-3H3,(H,24,25);1H. The third-order valence-electron chi connectivity index (χ3n) is 5.77. The third-order valence-corrected chi connectivity index (χ3v) is 5.77. The van der Waals surface area contributed by atoms with E-state index in [-0.39, 0.29) is 24.0 Å². The van der Waals surface area contributed by atoms with Gasteiger partial charge in [0, 0.05) is 58.8 Å². The van der Waals surface area contributed by atoms with E-state index in [2.05, 4.69) is 62.8 Å². The fourth-order valence-electron chi connectivity index (χ4n) is 3.98. The van der Waals surface area contributed by atoms with Crippen LogP contribution in [0.1, 0.15) is 32.2 Å². The van der Waals surface area contributed by atoms with Crippen molar-refractivity contribution in [1.29, 1.82) is 0 Å². The maximum Gasteiger partial charge on any atom is 0.231 e. The summed E-state index contributed by atoms with van der Waals surface area (Å²) in [7, 11) is 0. The van der Waals surface area contributed by atoms with Gasteiger partial charge in [-0.3, -0.25) is 9.89 Å². The molecule has 0 amide bonds. The van der Waals surface area contributed by atoms with Gasteiger partial charge in [0.2, 0.25) is 6.79 Å². The maximum atomic E-state index is 5.52. The van der Waals surface area contributed by atoms with Gasteiger partial charge >= 0.3 is 0 Å². The minimum atomic E-state index is 0. The van der Waals surface area contributed by atoms with E-state index in [9.17, 15) is 0 Å². The molecule has 33 heavy (non-hydrogen) atoms. The normalized spacial score (nSPS) is 16.2. The van der Waals surface area contributed by atoms with Crippen LogP contribution in [-0.2, 0) is 19.5 Å². The summed E-state index contributed by atoms with van der Waals surface area (Å²) in [5, 5.41) is 11.8. The van der Waals surface area contributed by atoms with Crippen molar-refractivity contribution < 1.29 is 9.47 Å². The van der Waals surface area contributed by atoms with Gasteiger partial charge in [0.05, 0.1) is 0 Å². The molecule has 4 rings (SSSR count). The number of rotatable bonds is 8. The highest BCUT2D eigenvalue weighted by atomic mass is 127. The van der Waals surface area contributed by atoms with Crippen molar-refractivity contribution >= 4 is 29.9 Å². The Kier molecular flexibility index (Phi) is 9.60. The van der Waals surface area contributed by atoms with Crippen LogP contribution in [0.4, 0.5) is 0 Å². The minimum Gasteiger partial charge on any atom is -0.454 e. The van der Waals surface area contributed by atoms with E-state index in [1.165, 1.54) is 5.56 Å². The quantitative estimate of drug-likeness (QED) is 0.298. The molecular formula is C23H36IN7O2. The molecule has 3 heterocycles. The van der Waals surface area contributed by atoms with Gasteiger partial charge in [-0.1, -0.05) is 26.8 Å². The molecule has 0 atom stereocenters. The molecule has 182 valence electrons. The van der Waals surface area contributed by atoms with Crippen LogP contribution in [-0.4, -0.2) is 76.6 Å². The van der Waals surface area contributed by atoms with Gasteiger partial charge in [-0.15, -0.1) is 34.2 Å². The average molecular weight is 569 g/mol. The number of ether oxygens (including phenoxy) is 2. The average Bonchev–Trinajstić information content (AvgIpc) is 3.45. The van der Waals surface area contributed by atoms with Crippen molar-refractivity contribution in [3.8, 4) is 11.5 Å². The minimum absolute atomic E-state index is 0. The molecule has 9 nitrogen and oxygen atoms in total. The highest BCUT2D eigenvalue weighted by molar-refractivity contribution is 14.0. The van der Waals surface area contributed by atoms with Crippen LogP contribution in [0.3, 0.4) is 0 Å². The topological polar surface area (TPSA) is 80.0 Å². The third kappa shape index (κ3) is 6.95. The van der Waals surface area contributed by atoms with Crippen LogP contribution in [0, 0.1) is 5.92 Å². The molecule has 0 spiro atoms. The highest BCUT2D eigenvalue weighted by Gasteiger charge is 2.21. The summed E-state index contributed by atoms with van der Waals surface area (Å²) in [4.78, 5) is 9.76. The monoisotopic (exact) mass is 569 g/mol. The van der Waals surface area contributed by atoms with Gasteiger partial charge in [0.15, 0.2) is 17.5 Å². The molecule has 1 saturated heterocycles. The predicted octanol–water partition coefficient (Wildman–Crippen LogP) is 2.61. The van der Waals surface area contributed by atoms with Crippen molar-refractivity contribution in [2.45, 2.75) is 40.3 Å². The summed E-state index contributed by atoms with van der Waals surface area (Å²) in [5.74, 6) is 4.25. The summed E-state index contributed by atoms with van der Waals surface area (Å²) >= 11 is 0. The second kappa shape index (κ2) is 12.4. The first-order chi connectivity index (χ1) is 15.6. The van der Waals surface area contributed by atoms with Gasteiger partial charge in [-0.25, -0.2) is 0 Å². The van der Waals surface area contributed by atoms with Gasteiger partial charge in [0.25, 0.3) is 0 Å². The van der Waals surface area contributed by atoms with Crippen molar-refractivity contribution in [3.05, 3.63) is 35.9 Å². The van der Waals surface area contributed by atoms with E-state index in [1.54, 1.807) is 6.33 Å². The summed E-state index contributed by atoms with van der Waals surface area (Å²) in [6.45, 7) is 14.1. The molecule has 10 heteroatoms. The molecule has 0 saturated carbocycles. The lowest BCUT2D eigenvalue weighted by Gasteiger charge is -2.36. The Morgan fingerprint density at radius 1 is 1.15 bits per heavy atom. The van der Waals surface area contributed by atoms with E-state index >= 15 is 0 Å². The van der Waals surface area contributed by atoms with Gasteiger partial charge in [-0.2, -0.15) is 0 Å². The fraction of sp³-hybridized carbons (Fsp3) is 0.609. The van der Waals surface area contributed by atoms with Crippen molar-refractivity contribution in [2.24, 2.45) is 10.9 Å². The highest BCUT2D eigenvalue weighted by Crippen LogP contribution is 2.32. The number of aliphatic imine (C=N–C) groups is 1. The number of piperazine rings is 1. The lowest BCUT2D eigenvalue weighted by molar-refractivity contribution is 0.171. The van der Waals surface area contributed by atoms with Crippen LogP contribution in [0.15, 0.2) is 29.5 Å². The Hall–Kier alpha value is -2.08. The van der Waals surface area contributed by atoms with E-state index < -0.39 is 0 Å². The number of aromatic nitrogens is 3. The number of hydrogen-bond acceptors (Lipinski definition) is 6. The second-order valence-electron chi connectivity index (χ2n) is 8.73. The van der Waals surface area contributed by atoms with E-state index in [0.717, 1.165) is 82.1 Å². The van der Waals surface area contributed by atoms with E-state index in [1.807, 2.05) is 6.07 Å². The Labute approximate surface area is 213 Å². The van der Waals surface area contributed by atoms with Crippen molar-refractivity contribution in [1.82, 2.24) is 29.9 Å². The van der Waals surface area contributed by atoms with Crippen molar-refractivity contribution in [2.75, 3.05) is 46.1 Å². The molecule has 1 aromatic carbocycles. The Morgan fingerprint density at radius 3 is 2.70 bits per heavy atom. The van der Waals surface area contributed by atoms with E-state index in [4.69, 9.17) is 14.5 Å². The molecule has 0 radical (unpaired) electrons. The number of halogens is 1. The Bertz CT molecular complexity index is 910. The number of benzene rings is 1. The largest absolute Gasteiger partial charge is 0.454 e. The van der Waals surface area contributed by atoms with Gasteiger partial charge in [0.1, 0.15) is 12.2 Å². The molecule has 1 aromatic heterocycles. The molecule has 0 unspecified atom stereocenters. The number of nitrogens with zero attached hydrogens (tertiary/aromatic N) is 6. The SMILES string of the molecule is CCc1nncn1CCNC(=NCC(C)C)N1CCN(Cc2ccc3c(c2)OCO3)CC1.I. The number of fused-ring (bicyclic) bond motifs is 1. The molecule has 0 bridgehead atoms. The fourth-order valence-corrected chi connectivity index (χ4v) is 3.98. The van der Waals surface area contributed by atoms with E-state index in [0.29, 0.717) is 12.7 Å². The number of nitrogens with one attached hydrogen (secondary N) is 1. The first-order valence-corrected chi connectivity index (χ1v) is 11.6. The molecule has 2 aromatic rings. The molecule has 1 N–H and O–H groups in total. The van der Waals surface area contributed by atoms with Crippen LogP contribution < -0.4 is 14.8 Å². The number of aryl methyl sites for hydroxylation is 1. The summed E-state index contributed by atoms with van der Waals surface area (Å²) in [6, 6.07) is 6.24. The van der Waals surface area contributed by atoms with Gasteiger partial charge in [-0.05, 0) is 23.6 Å². The first-order valence-electron chi connectivity index (χ1n) is 11.6. The smallest absolute Gasteiger partial charge is 0.231 e. The molecular weight excluding hydrogens is 533 g/mol. The molecule has 0 aliphatic carbocycles. The molecule has 2 aliphatic rings. The molecule has 2 aliphatic heterocycles. The summed E-state index contributed by atoms with van der Waals surface area (Å²) < 4.78 is 13.0. The van der Waals surface area contributed by atoms with Gasteiger partial charge < -0.3 is 24.3 Å². The molecule has 1 fully saturated rings. The summed E-state index contributed by atoms with van der Waals surface area (Å²) in [5.41, 5.74) is 1.26. The lowest BCUT2D eigenvalue weighted by atomic mass is 10.1. The Morgan fingerprint density at radius 2 is 1.94 bits per heavy atom. The van der Waals surface area contributed by atoms with Crippen LogP contribution in [0.5, 0.6) is 11.5 Å².